The zero-order valence-electron chi connectivity index (χ0n) is 11.6. The van der Waals surface area contributed by atoms with Crippen LogP contribution in [-0.4, -0.2) is 30.1 Å². The van der Waals surface area contributed by atoms with Crippen LogP contribution in [0.15, 0.2) is 24.3 Å². The van der Waals surface area contributed by atoms with Crippen LogP contribution >= 0.6 is 11.6 Å². The lowest BCUT2D eigenvalue weighted by Gasteiger charge is -2.32. The summed E-state index contributed by atoms with van der Waals surface area (Å²) in [5.41, 5.74) is 1.34. The maximum absolute atomic E-state index is 6.13. The van der Waals surface area contributed by atoms with Crippen LogP contribution in [0.2, 0.25) is 5.02 Å². The molecule has 1 aromatic rings. The summed E-state index contributed by atoms with van der Waals surface area (Å²) in [4.78, 5) is 2.68. The van der Waals surface area contributed by atoms with Crippen molar-refractivity contribution in [3.63, 3.8) is 0 Å². The first-order chi connectivity index (χ1) is 9.24. The first kappa shape index (κ1) is 13.4. The van der Waals surface area contributed by atoms with Crippen molar-refractivity contribution in [1.82, 2.24) is 10.2 Å². The summed E-state index contributed by atoms with van der Waals surface area (Å²) in [7, 11) is 0. The van der Waals surface area contributed by atoms with E-state index in [1.165, 1.54) is 44.3 Å². The van der Waals surface area contributed by atoms with Crippen LogP contribution in [0.3, 0.4) is 0 Å². The van der Waals surface area contributed by atoms with Gasteiger partial charge in [0, 0.05) is 29.7 Å². The number of hydrogen-bond donors (Lipinski definition) is 1. The van der Waals surface area contributed by atoms with Crippen molar-refractivity contribution in [3.05, 3.63) is 34.9 Å². The van der Waals surface area contributed by atoms with Gasteiger partial charge in [0.15, 0.2) is 0 Å². The van der Waals surface area contributed by atoms with Gasteiger partial charge in [-0.1, -0.05) is 23.7 Å². The van der Waals surface area contributed by atoms with Crippen molar-refractivity contribution >= 4 is 11.6 Å². The second-order valence-electron chi connectivity index (χ2n) is 5.95. The Morgan fingerprint density at radius 2 is 2.21 bits per heavy atom. The number of hydrogen-bond acceptors (Lipinski definition) is 2. The van der Waals surface area contributed by atoms with E-state index in [-0.39, 0.29) is 0 Å². The third-order valence-corrected chi connectivity index (χ3v) is 4.67. The Bertz CT molecular complexity index is 425. The third-order valence-electron chi connectivity index (χ3n) is 4.44. The average Bonchev–Trinajstić information content (AvgIpc) is 3.12. The van der Waals surface area contributed by atoms with E-state index < -0.39 is 0 Å². The summed E-state index contributed by atoms with van der Waals surface area (Å²) in [6.07, 6.45) is 5.37. The molecule has 3 heteroatoms. The van der Waals surface area contributed by atoms with Crippen molar-refractivity contribution in [2.75, 3.05) is 13.1 Å². The fourth-order valence-corrected chi connectivity index (χ4v) is 3.35. The van der Waals surface area contributed by atoms with Crippen LogP contribution in [-0.2, 0) is 0 Å². The molecule has 0 spiro atoms. The number of nitrogens with zero attached hydrogens (tertiary/aromatic N) is 1. The molecule has 0 bridgehead atoms. The van der Waals surface area contributed by atoms with E-state index in [2.05, 4.69) is 35.3 Å². The molecule has 19 heavy (non-hydrogen) atoms. The summed E-state index contributed by atoms with van der Waals surface area (Å²) in [6.45, 7) is 4.69. The second kappa shape index (κ2) is 5.82. The van der Waals surface area contributed by atoms with Gasteiger partial charge in [-0.15, -0.1) is 0 Å². The molecule has 0 aromatic heterocycles. The number of halogens is 1. The van der Waals surface area contributed by atoms with E-state index in [1.807, 2.05) is 6.07 Å². The van der Waals surface area contributed by atoms with Crippen LogP contribution in [0.1, 0.15) is 44.2 Å². The minimum atomic E-state index is 0.466. The van der Waals surface area contributed by atoms with Crippen molar-refractivity contribution < 1.29 is 0 Å². The summed E-state index contributed by atoms with van der Waals surface area (Å²) < 4.78 is 0. The standard InChI is InChI=1S/C16H23ClN2/c1-12(13-4-2-5-14(17)10-13)19(16-7-8-16)11-15-6-3-9-18-15/h2,4-5,10,12,15-16,18H,3,6-9,11H2,1H3. The lowest BCUT2D eigenvalue weighted by atomic mass is 10.1. The quantitative estimate of drug-likeness (QED) is 0.885. The molecule has 2 atom stereocenters. The van der Waals surface area contributed by atoms with Crippen LogP contribution in [0.25, 0.3) is 0 Å². The van der Waals surface area contributed by atoms with Gasteiger partial charge in [0.1, 0.15) is 0 Å². The van der Waals surface area contributed by atoms with Gasteiger partial charge in [-0.05, 0) is 56.8 Å². The molecule has 2 unspecified atom stereocenters. The van der Waals surface area contributed by atoms with E-state index in [0.29, 0.717) is 12.1 Å². The molecule has 1 saturated carbocycles. The molecule has 2 fully saturated rings. The highest BCUT2D eigenvalue weighted by molar-refractivity contribution is 6.30. The van der Waals surface area contributed by atoms with Gasteiger partial charge < -0.3 is 5.32 Å². The van der Waals surface area contributed by atoms with Gasteiger partial charge in [-0.25, -0.2) is 0 Å². The summed E-state index contributed by atoms with van der Waals surface area (Å²) >= 11 is 6.13. The minimum absolute atomic E-state index is 0.466. The smallest absolute Gasteiger partial charge is 0.0409 e. The molecule has 1 aliphatic heterocycles. The summed E-state index contributed by atoms with van der Waals surface area (Å²) in [5.74, 6) is 0. The topological polar surface area (TPSA) is 15.3 Å². The van der Waals surface area contributed by atoms with Gasteiger partial charge in [-0.3, -0.25) is 4.90 Å². The monoisotopic (exact) mass is 278 g/mol. The van der Waals surface area contributed by atoms with E-state index in [0.717, 1.165) is 11.1 Å². The van der Waals surface area contributed by atoms with Gasteiger partial charge in [0.05, 0.1) is 0 Å². The predicted molar refractivity (Wildman–Crippen MR) is 80.6 cm³/mol. The molecule has 2 nitrogen and oxygen atoms in total. The van der Waals surface area contributed by atoms with E-state index in [1.54, 1.807) is 0 Å². The Morgan fingerprint density at radius 3 is 2.84 bits per heavy atom. The first-order valence-electron chi connectivity index (χ1n) is 7.48. The van der Waals surface area contributed by atoms with Crippen molar-refractivity contribution in [1.29, 1.82) is 0 Å². The first-order valence-corrected chi connectivity index (χ1v) is 7.86. The Kier molecular flexibility index (Phi) is 4.11. The van der Waals surface area contributed by atoms with Gasteiger partial charge in [0.2, 0.25) is 0 Å². The van der Waals surface area contributed by atoms with Gasteiger partial charge >= 0.3 is 0 Å². The lowest BCUT2D eigenvalue weighted by Crippen LogP contribution is -2.40. The number of rotatable bonds is 5. The lowest BCUT2D eigenvalue weighted by molar-refractivity contribution is 0.182. The fraction of sp³-hybridized carbons (Fsp3) is 0.625. The summed E-state index contributed by atoms with van der Waals surface area (Å²) in [5, 5.41) is 4.47. The highest BCUT2D eigenvalue weighted by Gasteiger charge is 2.34. The molecule has 1 heterocycles. The summed E-state index contributed by atoms with van der Waals surface area (Å²) in [6, 6.07) is 10.3. The SMILES string of the molecule is CC(c1cccc(Cl)c1)N(CC1CCCN1)C1CC1. The molecule has 1 N–H and O–H groups in total. The Labute approximate surface area is 121 Å². The maximum atomic E-state index is 6.13. The van der Waals surface area contributed by atoms with Crippen molar-refractivity contribution in [3.8, 4) is 0 Å². The molecule has 104 valence electrons. The van der Waals surface area contributed by atoms with Crippen molar-refractivity contribution in [2.24, 2.45) is 0 Å². The molecule has 3 rings (SSSR count). The average molecular weight is 279 g/mol. The fourth-order valence-electron chi connectivity index (χ4n) is 3.15. The predicted octanol–water partition coefficient (Wildman–Crippen LogP) is 3.62. The largest absolute Gasteiger partial charge is 0.313 e. The zero-order valence-corrected chi connectivity index (χ0v) is 12.4. The van der Waals surface area contributed by atoms with Crippen LogP contribution in [0.5, 0.6) is 0 Å². The van der Waals surface area contributed by atoms with Gasteiger partial charge in [0.25, 0.3) is 0 Å². The molecule has 1 aromatic carbocycles. The van der Waals surface area contributed by atoms with Crippen LogP contribution in [0.4, 0.5) is 0 Å². The van der Waals surface area contributed by atoms with Crippen molar-refractivity contribution in [2.45, 2.75) is 50.7 Å². The highest BCUT2D eigenvalue weighted by atomic mass is 35.5. The molecule has 0 radical (unpaired) electrons. The molecule has 1 aliphatic carbocycles. The molecular formula is C16H23ClN2. The Balaban J connectivity index is 1.71. The molecular weight excluding hydrogens is 256 g/mol. The molecule has 2 aliphatic rings. The van der Waals surface area contributed by atoms with E-state index in [9.17, 15) is 0 Å². The minimum Gasteiger partial charge on any atom is -0.313 e. The normalized spacial score (nSPS) is 24.9. The highest BCUT2D eigenvalue weighted by Crippen LogP contribution is 2.35. The van der Waals surface area contributed by atoms with Crippen LogP contribution < -0.4 is 5.32 Å². The Hall–Kier alpha value is -0.570. The number of nitrogens with one attached hydrogen (secondary N) is 1. The maximum Gasteiger partial charge on any atom is 0.0409 e. The molecule has 0 amide bonds. The third kappa shape index (κ3) is 3.31. The van der Waals surface area contributed by atoms with E-state index in [4.69, 9.17) is 11.6 Å². The number of benzene rings is 1. The second-order valence-corrected chi connectivity index (χ2v) is 6.39. The van der Waals surface area contributed by atoms with Gasteiger partial charge in [-0.2, -0.15) is 0 Å². The zero-order chi connectivity index (χ0) is 13.2. The Morgan fingerprint density at radius 1 is 1.37 bits per heavy atom. The molecule has 1 saturated heterocycles. The van der Waals surface area contributed by atoms with Crippen LogP contribution in [0, 0.1) is 0 Å². The van der Waals surface area contributed by atoms with E-state index >= 15 is 0 Å².